The number of halogens is 2. The summed E-state index contributed by atoms with van der Waals surface area (Å²) in [6.07, 6.45) is -0.0210. The molecule has 19 heavy (non-hydrogen) atoms. The van der Waals surface area contributed by atoms with Gasteiger partial charge in [-0.05, 0) is 35.2 Å². The molecule has 0 aliphatic rings. The molecule has 0 aliphatic heterocycles. The molecular formula is C14H10Cl2OS2. The Kier molecular flexibility index (Phi) is 3.83. The number of hydrogen-bond acceptors (Lipinski definition) is 3. The van der Waals surface area contributed by atoms with E-state index in [9.17, 15) is 5.11 Å². The minimum Gasteiger partial charge on any atom is -0.387 e. The molecule has 1 nitrogen and oxygen atoms in total. The van der Waals surface area contributed by atoms with Crippen molar-refractivity contribution in [3.05, 3.63) is 56.2 Å². The SMILES string of the molecule is OC(Cc1ccc(Cl)cc1Cl)c1cc2sccc2s1. The van der Waals surface area contributed by atoms with Crippen LogP contribution in [0.1, 0.15) is 16.5 Å². The zero-order chi connectivity index (χ0) is 13.4. The van der Waals surface area contributed by atoms with Gasteiger partial charge in [-0.3, -0.25) is 0 Å². The molecule has 0 spiro atoms. The fraction of sp³-hybridized carbons (Fsp3) is 0.143. The van der Waals surface area contributed by atoms with Gasteiger partial charge in [0.25, 0.3) is 0 Å². The van der Waals surface area contributed by atoms with E-state index in [4.69, 9.17) is 23.2 Å². The molecule has 0 bridgehead atoms. The molecule has 0 aliphatic carbocycles. The molecule has 0 amide bonds. The van der Waals surface area contributed by atoms with E-state index in [1.165, 1.54) is 9.40 Å². The van der Waals surface area contributed by atoms with E-state index in [-0.39, 0.29) is 0 Å². The van der Waals surface area contributed by atoms with Gasteiger partial charge in [0.05, 0.1) is 6.10 Å². The van der Waals surface area contributed by atoms with Crippen LogP contribution < -0.4 is 0 Å². The first-order valence-corrected chi connectivity index (χ1v) is 8.17. The third-order valence-electron chi connectivity index (χ3n) is 2.92. The fourth-order valence-corrected chi connectivity index (χ4v) is 4.54. The van der Waals surface area contributed by atoms with E-state index < -0.39 is 6.10 Å². The lowest BCUT2D eigenvalue weighted by molar-refractivity contribution is 0.182. The average Bonchev–Trinajstić information content (AvgIpc) is 2.93. The van der Waals surface area contributed by atoms with Crippen molar-refractivity contribution in [3.8, 4) is 0 Å². The monoisotopic (exact) mass is 328 g/mol. The Morgan fingerprint density at radius 3 is 2.68 bits per heavy atom. The van der Waals surface area contributed by atoms with E-state index in [2.05, 4.69) is 17.5 Å². The highest BCUT2D eigenvalue weighted by Gasteiger charge is 2.14. The smallest absolute Gasteiger partial charge is 0.0923 e. The Morgan fingerprint density at radius 2 is 1.95 bits per heavy atom. The summed E-state index contributed by atoms with van der Waals surface area (Å²) < 4.78 is 2.45. The molecule has 1 atom stereocenters. The molecule has 3 aromatic rings. The van der Waals surface area contributed by atoms with E-state index in [0.717, 1.165) is 10.4 Å². The van der Waals surface area contributed by atoms with Crippen molar-refractivity contribution in [2.75, 3.05) is 0 Å². The number of benzene rings is 1. The lowest BCUT2D eigenvalue weighted by Crippen LogP contribution is -2.00. The first kappa shape index (κ1) is 13.4. The van der Waals surface area contributed by atoms with Gasteiger partial charge in [-0.25, -0.2) is 0 Å². The number of thiophene rings is 2. The Bertz CT molecular complexity index is 689. The summed E-state index contributed by atoms with van der Waals surface area (Å²) in [6, 6.07) is 9.50. The van der Waals surface area contributed by atoms with Crippen molar-refractivity contribution in [1.29, 1.82) is 0 Å². The number of aliphatic hydroxyl groups excluding tert-OH is 1. The number of hydrogen-bond donors (Lipinski definition) is 1. The highest BCUT2D eigenvalue weighted by molar-refractivity contribution is 7.26. The maximum Gasteiger partial charge on any atom is 0.0923 e. The molecule has 2 aromatic heterocycles. The summed E-state index contributed by atoms with van der Waals surface area (Å²) in [5, 5.41) is 13.6. The van der Waals surface area contributed by atoms with Crippen LogP contribution in [0, 0.1) is 0 Å². The van der Waals surface area contributed by atoms with Gasteiger partial charge in [0.15, 0.2) is 0 Å². The highest BCUT2D eigenvalue weighted by Crippen LogP contribution is 2.35. The van der Waals surface area contributed by atoms with Crippen LogP contribution in [0.5, 0.6) is 0 Å². The Labute approximate surface area is 129 Å². The van der Waals surface area contributed by atoms with Gasteiger partial charge in [0.1, 0.15) is 0 Å². The summed E-state index contributed by atoms with van der Waals surface area (Å²) >= 11 is 15.3. The predicted molar refractivity (Wildman–Crippen MR) is 84.8 cm³/mol. The van der Waals surface area contributed by atoms with Crippen LogP contribution in [0.3, 0.4) is 0 Å². The van der Waals surface area contributed by atoms with Crippen molar-refractivity contribution in [1.82, 2.24) is 0 Å². The second kappa shape index (κ2) is 5.43. The molecule has 1 N–H and O–H groups in total. The average molecular weight is 329 g/mol. The van der Waals surface area contributed by atoms with Gasteiger partial charge in [0, 0.05) is 30.7 Å². The molecule has 0 saturated carbocycles. The molecule has 98 valence electrons. The molecule has 0 saturated heterocycles. The largest absolute Gasteiger partial charge is 0.387 e. The van der Waals surface area contributed by atoms with Crippen molar-refractivity contribution >= 4 is 55.3 Å². The van der Waals surface area contributed by atoms with Crippen LogP contribution in [0.2, 0.25) is 10.0 Å². The van der Waals surface area contributed by atoms with Gasteiger partial charge < -0.3 is 5.11 Å². The predicted octanol–water partition coefficient (Wildman–Crippen LogP) is 5.55. The van der Waals surface area contributed by atoms with Crippen molar-refractivity contribution < 1.29 is 5.11 Å². The van der Waals surface area contributed by atoms with E-state index >= 15 is 0 Å². The zero-order valence-electron chi connectivity index (χ0n) is 9.77. The molecule has 1 unspecified atom stereocenters. The van der Waals surface area contributed by atoms with Crippen molar-refractivity contribution in [3.63, 3.8) is 0 Å². The third kappa shape index (κ3) is 2.81. The van der Waals surface area contributed by atoms with Gasteiger partial charge in [-0.2, -0.15) is 0 Å². The Balaban J connectivity index is 1.84. The van der Waals surface area contributed by atoms with Crippen molar-refractivity contribution in [2.24, 2.45) is 0 Å². The molecule has 5 heteroatoms. The van der Waals surface area contributed by atoms with Crippen LogP contribution in [0.15, 0.2) is 35.7 Å². The normalized spacial score (nSPS) is 13.0. The molecular weight excluding hydrogens is 319 g/mol. The lowest BCUT2D eigenvalue weighted by Gasteiger charge is -2.10. The minimum absolute atomic E-state index is 0.504. The number of rotatable bonds is 3. The summed E-state index contributed by atoms with van der Waals surface area (Å²) in [7, 11) is 0. The zero-order valence-corrected chi connectivity index (χ0v) is 12.9. The maximum absolute atomic E-state index is 10.3. The van der Waals surface area contributed by atoms with Gasteiger partial charge in [0.2, 0.25) is 0 Å². The van der Waals surface area contributed by atoms with E-state index in [1.54, 1.807) is 34.8 Å². The van der Waals surface area contributed by atoms with Crippen molar-refractivity contribution in [2.45, 2.75) is 12.5 Å². The number of aliphatic hydroxyl groups is 1. The van der Waals surface area contributed by atoms with Crippen LogP contribution in [0.4, 0.5) is 0 Å². The summed E-state index contributed by atoms with van der Waals surface area (Å²) in [5.41, 5.74) is 0.912. The standard InChI is InChI=1S/C14H10Cl2OS2/c15-9-2-1-8(10(16)6-9)5-11(17)13-7-14-12(19-13)3-4-18-14/h1-4,6-7,11,17H,5H2. The summed E-state index contributed by atoms with van der Waals surface area (Å²) in [4.78, 5) is 0.980. The van der Waals surface area contributed by atoms with E-state index in [0.29, 0.717) is 16.5 Å². The van der Waals surface area contributed by atoms with Crippen LogP contribution in [-0.2, 0) is 6.42 Å². The Hall–Kier alpha value is -0.580. The summed E-state index contributed by atoms with van der Waals surface area (Å²) in [5.74, 6) is 0. The van der Waals surface area contributed by atoms with Gasteiger partial charge >= 0.3 is 0 Å². The molecule has 2 heterocycles. The lowest BCUT2D eigenvalue weighted by atomic mass is 10.1. The second-order valence-electron chi connectivity index (χ2n) is 4.25. The topological polar surface area (TPSA) is 20.2 Å². The van der Waals surface area contributed by atoms with Crippen LogP contribution in [0.25, 0.3) is 9.40 Å². The van der Waals surface area contributed by atoms with Gasteiger partial charge in [-0.15, -0.1) is 22.7 Å². The second-order valence-corrected chi connectivity index (χ2v) is 7.16. The molecule has 3 rings (SSSR count). The first-order chi connectivity index (χ1) is 9.13. The minimum atomic E-state index is -0.525. The van der Waals surface area contributed by atoms with Crippen LogP contribution >= 0.6 is 45.9 Å². The summed E-state index contributed by atoms with van der Waals surface area (Å²) in [6.45, 7) is 0. The van der Waals surface area contributed by atoms with Gasteiger partial charge in [-0.1, -0.05) is 29.3 Å². The fourth-order valence-electron chi connectivity index (χ4n) is 1.94. The molecule has 0 radical (unpaired) electrons. The maximum atomic E-state index is 10.3. The quantitative estimate of drug-likeness (QED) is 0.668. The van der Waals surface area contributed by atoms with E-state index in [1.807, 2.05) is 6.07 Å². The molecule has 1 aromatic carbocycles. The Morgan fingerprint density at radius 1 is 1.11 bits per heavy atom. The molecule has 0 fully saturated rings. The first-order valence-electron chi connectivity index (χ1n) is 5.72. The highest BCUT2D eigenvalue weighted by atomic mass is 35.5. The van der Waals surface area contributed by atoms with Crippen LogP contribution in [-0.4, -0.2) is 5.11 Å². The number of fused-ring (bicyclic) bond motifs is 1. The third-order valence-corrected chi connectivity index (χ3v) is 5.70.